The highest BCUT2D eigenvalue weighted by Crippen LogP contribution is 2.23. The van der Waals surface area contributed by atoms with E-state index in [-0.39, 0.29) is 0 Å². The van der Waals surface area contributed by atoms with Gasteiger partial charge >= 0.3 is 0 Å². The van der Waals surface area contributed by atoms with E-state index in [0.717, 1.165) is 16.3 Å². The van der Waals surface area contributed by atoms with Crippen LogP contribution in [0.4, 0.5) is 0 Å². The first kappa shape index (κ1) is 15.8. The van der Waals surface area contributed by atoms with Crippen LogP contribution in [0.15, 0.2) is 58.2 Å². The van der Waals surface area contributed by atoms with Crippen molar-refractivity contribution >= 4 is 46.0 Å². The molecule has 1 aromatic heterocycles. The number of thioether (sulfide) groups is 1. The Balaban J connectivity index is 1.59. The van der Waals surface area contributed by atoms with E-state index >= 15 is 0 Å². The van der Waals surface area contributed by atoms with E-state index < -0.39 is 0 Å². The monoisotopic (exact) mass is 442 g/mol. The molecule has 1 heterocycles. The van der Waals surface area contributed by atoms with Gasteiger partial charge in [0, 0.05) is 14.3 Å². The third-order valence-corrected chi connectivity index (χ3v) is 4.85. The zero-order valence-corrected chi connectivity index (χ0v) is 15.2. The van der Waals surface area contributed by atoms with Crippen LogP contribution in [0.5, 0.6) is 0 Å². The van der Waals surface area contributed by atoms with Gasteiger partial charge < -0.3 is 4.42 Å². The molecule has 0 spiro atoms. The van der Waals surface area contributed by atoms with Gasteiger partial charge in [-0.15, -0.1) is 10.2 Å². The molecular weight excluding hydrogens is 431 g/mol. The minimum atomic E-state index is 0.600. The van der Waals surface area contributed by atoms with Crippen LogP contribution in [0.25, 0.3) is 0 Å². The van der Waals surface area contributed by atoms with Crippen molar-refractivity contribution in [1.82, 2.24) is 10.2 Å². The summed E-state index contributed by atoms with van der Waals surface area (Å²) in [5.74, 6) is 1.44. The smallest absolute Gasteiger partial charge is 0.276 e. The van der Waals surface area contributed by atoms with E-state index in [1.807, 2.05) is 24.3 Å². The standard InChI is InChI=1S/C16H12ClIN2OS/c17-13-5-1-11(2-6-13)9-15-19-20-16(21-15)22-10-12-3-7-14(18)8-4-12/h1-8H,9-10H2. The predicted octanol–water partition coefficient (Wildman–Crippen LogP) is 5.21. The molecule has 0 amide bonds. The Bertz CT molecular complexity index is 744. The topological polar surface area (TPSA) is 38.9 Å². The van der Waals surface area contributed by atoms with Gasteiger partial charge in [-0.05, 0) is 58.0 Å². The lowest BCUT2D eigenvalue weighted by atomic mass is 10.1. The minimum Gasteiger partial charge on any atom is -0.416 e. The Labute approximate surface area is 151 Å². The number of aromatic nitrogens is 2. The predicted molar refractivity (Wildman–Crippen MR) is 97.3 cm³/mol. The number of hydrogen-bond donors (Lipinski definition) is 0. The van der Waals surface area contributed by atoms with Crippen molar-refractivity contribution in [2.45, 2.75) is 17.4 Å². The Hall–Kier alpha value is -1.05. The van der Waals surface area contributed by atoms with Crippen LogP contribution in [0.1, 0.15) is 17.0 Å². The van der Waals surface area contributed by atoms with Gasteiger partial charge in [0.15, 0.2) is 0 Å². The van der Waals surface area contributed by atoms with E-state index in [0.29, 0.717) is 17.5 Å². The van der Waals surface area contributed by atoms with Gasteiger partial charge in [-0.2, -0.15) is 0 Å². The molecule has 6 heteroatoms. The summed E-state index contributed by atoms with van der Waals surface area (Å²) in [6.07, 6.45) is 0.619. The van der Waals surface area contributed by atoms with Crippen LogP contribution >= 0.6 is 46.0 Å². The lowest BCUT2D eigenvalue weighted by molar-refractivity contribution is 0.420. The summed E-state index contributed by atoms with van der Waals surface area (Å²) in [7, 11) is 0. The van der Waals surface area contributed by atoms with Gasteiger partial charge in [0.2, 0.25) is 5.89 Å². The average Bonchev–Trinajstić information content (AvgIpc) is 2.97. The third-order valence-electron chi connectivity index (χ3n) is 2.99. The van der Waals surface area contributed by atoms with Gasteiger partial charge in [-0.1, -0.05) is 47.6 Å². The van der Waals surface area contributed by atoms with Crippen molar-refractivity contribution in [1.29, 1.82) is 0 Å². The molecule has 3 aromatic rings. The molecule has 0 bridgehead atoms. The summed E-state index contributed by atoms with van der Waals surface area (Å²) in [6, 6.07) is 16.1. The maximum Gasteiger partial charge on any atom is 0.276 e. The normalized spacial score (nSPS) is 10.8. The molecule has 112 valence electrons. The van der Waals surface area contributed by atoms with Crippen molar-refractivity contribution in [2.75, 3.05) is 0 Å². The highest BCUT2D eigenvalue weighted by atomic mass is 127. The van der Waals surface area contributed by atoms with Crippen LogP contribution in [0.3, 0.4) is 0 Å². The summed E-state index contributed by atoms with van der Waals surface area (Å²) >= 11 is 9.72. The maximum absolute atomic E-state index is 5.87. The molecule has 3 nitrogen and oxygen atoms in total. The fourth-order valence-corrected chi connectivity index (χ4v) is 3.09. The molecule has 0 unspecified atom stereocenters. The average molecular weight is 443 g/mol. The van der Waals surface area contributed by atoms with E-state index in [9.17, 15) is 0 Å². The Morgan fingerprint density at radius 1 is 0.955 bits per heavy atom. The largest absolute Gasteiger partial charge is 0.416 e. The summed E-state index contributed by atoms with van der Waals surface area (Å²) in [4.78, 5) is 0. The van der Waals surface area contributed by atoms with Crippen molar-refractivity contribution in [3.05, 3.63) is 74.1 Å². The van der Waals surface area contributed by atoms with Crippen LogP contribution in [0.2, 0.25) is 5.02 Å². The molecule has 3 rings (SSSR count). The van der Waals surface area contributed by atoms with E-state index in [2.05, 4.69) is 57.1 Å². The highest BCUT2D eigenvalue weighted by Gasteiger charge is 2.08. The molecule has 0 atom stereocenters. The molecule has 0 aliphatic rings. The van der Waals surface area contributed by atoms with Gasteiger partial charge in [0.1, 0.15) is 0 Å². The summed E-state index contributed by atoms with van der Waals surface area (Å²) in [6.45, 7) is 0. The molecule has 0 fully saturated rings. The summed E-state index contributed by atoms with van der Waals surface area (Å²) in [5.41, 5.74) is 2.34. The second-order valence-electron chi connectivity index (χ2n) is 4.68. The molecule has 0 radical (unpaired) electrons. The van der Waals surface area contributed by atoms with Gasteiger partial charge in [-0.25, -0.2) is 0 Å². The Kier molecular flexibility index (Phi) is 5.38. The van der Waals surface area contributed by atoms with Crippen molar-refractivity contribution in [2.24, 2.45) is 0 Å². The molecule has 0 saturated heterocycles. The van der Waals surface area contributed by atoms with Gasteiger partial charge in [0.05, 0.1) is 6.42 Å². The second kappa shape index (κ2) is 7.48. The van der Waals surface area contributed by atoms with E-state index in [1.54, 1.807) is 11.8 Å². The molecule has 2 aromatic carbocycles. The van der Waals surface area contributed by atoms with Crippen LogP contribution in [0, 0.1) is 3.57 Å². The second-order valence-corrected chi connectivity index (χ2v) is 7.29. The van der Waals surface area contributed by atoms with Gasteiger partial charge in [0.25, 0.3) is 5.22 Å². The lowest BCUT2D eigenvalue weighted by Gasteiger charge is -1.98. The Morgan fingerprint density at radius 3 is 2.36 bits per heavy atom. The zero-order chi connectivity index (χ0) is 15.4. The number of benzene rings is 2. The highest BCUT2D eigenvalue weighted by molar-refractivity contribution is 14.1. The SMILES string of the molecule is Clc1ccc(Cc2nnc(SCc3ccc(I)cc3)o2)cc1. The van der Waals surface area contributed by atoms with Crippen LogP contribution in [-0.4, -0.2) is 10.2 Å². The molecule has 0 saturated carbocycles. The fourth-order valence-electron chi connectivity index (χ4n) is 1.87. The van der Waals surface area contributed by atoms with E-state index in [4.69, 9.17) is 16.0 Å². The van der Waals surface area contributed by atoms with Gasteiger partial charge in [-0.3, -0.25) is 0 Å². The van der Waals surface area contributed by atoms with E-state index in [1.165, 1.54) is 9.13 Å². The number of hydrogen-bond acceptors (Lipinski definition) is 4. The zero-order valence-electron chi connectivity index (χ0n) is 11.5. The fraction of sp³-hybridized carbons (Fsp3) is 0.125. The molecule has 0 aliphatic heterocycles. The summed E-state index contributed by atoms with van der Waals surface area (Å²) < 4.78 is 6.90. The number of rotatable bonds is 5. The third kappa shape index (κ3) is 4.47. The first-order valence-corrected chi connectivity index (χ1v) is 9.07. The molecule has 22 heavy (non-hydrogen) atoms. The maximum atomic E-state index is 5.87. The number of nitrogens with zero attached hydrogens (tertiary/aromatic N) is 2. The van der Waals surface area contributed by atoms with Crippen LogP contribution in [-0.2, 0) is 12.2 Å². The summed E-state index contributed by atoms with van der Waals surface area (Å²) in [5, 5.41) is 9.49. The number of halogens is 2. The van der Waals surface area contributed by atoms with Crippen molar-refractivity contribution in [3.8, 4) is 0 Å². The quantitative estimate of drug-likeness (QED) is 0.402. The van der Waals surface area contributed by atoms with Crippen LogP contribution < -0.4 is 0 Å². The van der Waals surface area contributed by atoms with Crippen molar-refractivity contribution in [3.63, 3.8) is 0 Å². The first-order chi connectivity index (χ1) is 10.7. The molecule has 0 N–H and O–H groups in total. The molecular formula is C16H12ClIN2OS. The minimum absolute atomic E-state index is 0.600. The Morgan fingerprint density at radius 2 is 1.64 bits per heavy atom. The first-order valence-electron chi connectivity index (χ1n) is 6.63. The van der Waals surface area contributed by atoms with Crippen molar-refractivity contribution < 1.29 is 4.42 Å². The lowest BCUT2D eigenvalue weighted by Crippen LogP contribution is -1.87. The molecule has 0 aliphatic carbocycles.